The molecule has 0 aliphatic heterocycles. The van der Waals surface area contributed by atoms with Crippen LogP contribution in [-0.4, -0.2) is 24.7 Å². The molecule has 0 heterocycles. The van der Waals surface area contributed by atoms with Crippen LogP contribution in [0, 0.1) is 12.3 Å². The van der Waals surface area contributed by atoms with Gasteiger partial charge < -0.3 is 15.2 Å². The molecular weight excluding hydrogens is 290 g/mol. The molecule has 4 nitrogen and oxygen atoms in total. The number of benzene rings is 1. The zero-order valence-electron chi connectivity index (χ0n) is 14.5. The van der Waals surface area contributed by atoms with Crippen molar-refractivity contribution in [1.29, 1.82) is 0 Å². The molecule has 1 aliphatic carbocycles. The third-order valence-electron chi connectivity index (χ3n) is 3.48. The first-order chi connectivity index (χ1) is 10.7. The number of rotatable bonds is 4. The van der Waals surface area contributed by atoms with Crippen molar-refractivity contribution in [2.45, 2.75) is 33.6 Å². The summed E-state index contributed by atoms with van der Waals surface area (Å²) in [5, 5.41) is 11.4. The molecule has 0 saturated heterocycles. The first-order valence-electron chi connectivity index (χ1n) is 7.66. The van der Waals surface area contributed by atoms with Gasteiger partial charge in [-0.2, -0.15) is 0 Å². The van der Waals surface area contributed by atoms with Gasteiger partial charge in [0.05, 0.1) is 7.11 Å². The molecule has 0 aromatic heterocycles. The number of carbonyl (C=O) groups is 1. The van der Waals surface area contributed by atoms with Crippen LogP contribution >= 0.6 is 0 Å². The summed E-state index contributed by atoms with van der Waals surface area (Å²) in [6.45, 7) is 10.3. The minimum Gasteiger partial charge on any atom is -0.497 e. The van der Waals surface area contributed by atoms with Crippen molar-refractivity contribution < 1.29 is 14.6 Å². The summed E-state index contributed by atoms with van der Waals surface area (Å²) < 4.78 is 4.97. The van der Waals surface area contributed by atoms with E-state index in [2.05, 4.69) is 32.7 Å². The second-order valence-corrected chi connectivity index (χ2v) is 6.61. The molecule has 4 heteroatoms. The Bertz CT molecular complexity index is 571. The van der Waals surface area contributed by atoms with Crippen LogP contribution in [0.25, 0.3) is 0 Å². The second kappa shape index (κ2) is 8.42. The predicted octanol–water partition coefficient (Wildman–Crippen LogP) is 3.92. The molecule has 1 aromatic rings. The minimum atomic E-state index is -0.833. The highest BCUT2D eigenvalue weighted by atomic mass is 16.5. The number of aryl methyl sites for hydroxylation is 1. The molecule has 0 bridgehead atoms. The summed E-state index contributed by atoms with van der Waals surface area (Å²) in [5.41, 5.74) is 3.49. The van der Waals surface area contributed by atoms with E-state index in [1.54, 1.807) is 7.11 Å². The average Bonchev–Trinajstić information content (AvgIpc) is 2.44. The van der Waals surface area contributed by atoms with Crippen molar-refractivity contribution in [3.63, 3.8) is 0 Å². The monoisotopic (exact) mass is 317 g/mol. The highest BCUT2D eigenvalue weighted by Crippen LogP contribution is 2.36. The van der Waals surface area contributed by atoms with Gasteiger partial charge in [-0.25, -0.2) is 0 Å². The van der Waals surface area contributed by atoms with Crippen LogP contribution in [0.5, 0.6) is 5.75 Å². The maximum atomic E-state index is 10.4. The number of methoxy groups -OCH3 is 1. The minimum absolute atomic E-state index is 0.0187. The van der Waals surface area contributed by atoms with Crippen LogP contribution in [0.1, 0.15) is 32.3 Å². The molecule has 0 fully saturated rings. The standard InChI is InChI=1S/C11H17NO2.C8H10O/c1-8-4-9(12-7-10(13)14)6-11(2,3)5-8;1-7-3-5-8(9-2)6-4-7/h4,12H,1,5-7H2,2-3H3,(H,13,14);3-6H,1-2H3. The van der Waals surface area contributed by atoms with E-state index >= 15 is 0 Å². The van der Waals surface area contributed by atoms with E-state index in [-0.39, 0.29) is 12.0 Å². The average molecular weight is 317 g/mol. The molecule has 0 saturated carbocycles. The Kier molecular flexibility index (Phi) is 6.89. The summed E-state index contributed by atoms with van der Waals surface area (Å²) in [7, 11) is 1.67. The Morgan fingerprint density at radius 2 is 1.91 bits per heavy atom. The molecule has 0 spiro atoms. The first kappa shape index (κ1) is 18.8. The fourth-order valence-corrected chi connectivity index (χ4v) is 2.52. The second-order valence-electron chi connectivity index (χ2n) is 6.61. The zero-order chi connectivity index (χ0) is 17.5. The Morgan fingerprint density at radius 3 is 2.39 bits per heavy atom. The van der Waals surface area contributed by atoms with Crippen molar-refractivity contribution in [2.75, 3.05) is 13.7 Å². The van der Waals surface area contributed by atoms with Crippen molar-refractivity contribution >= 4 is 5.97 Å². The van der Waals surface area contributed by atoms with E-state index in [4.69, 9.17) is 9.84 Å². The van der Waals surface area contributed by atoms with E-state index in [0.29, 0.717) is 0 Å². The Balaban J connectivity index is 0.000000253. The molecule has 2 rings (SSSR count). The molecule has 0 radical (unpaired) electrons. The van der Waals surface area contributed by atoms with E-state index < -0.39 is 5.97 Å². The molecule has 2 N–H and O–H groups in total. The van der Waals surface area contributed by atoms with Crippen LogP contribution in [0.4, 0.5) is 0 Å². The number of ether oxygens (including phenoxy) is 1. The number of carboxylic acids is 1. The fraction of sp³-hybridized carbons (Fsp3) is 0.421. The largest absolute Gasteiger partial charge is 0.497 e. The topological polar surface area (TPSA) is 58.6 Å². The lowest BCUT2D eigenvalue weighted by molar-refractivity contribution is -0.135. The third-order valence-corrected chi connectivity index (χ3v) is 3.48. The lowest BCUT2D eigenvalue weighted by Crippen LogP contribution is -2.28. The number of hydrogen-bond acceptors (Lipinski definition) is 3. The molecule has 1 aromatic carbocycles. The van der Waals surface area contributed by atoms with Crippen LogP contribution < -0.4 is 10.1 Å². The van der Waals surface area contributed by atoms with E-state index in [9.17, 15) is 4.79 Å². The summed E-state index contributed by atoms with van der Waals surface area (Å²) in [5.74, 6) is 0.0838. The fourth-order valence-electron chi connectivity index (χ4n) is 2.52. The number of nitrogens with one attached hydrogen (secondary N) is 1. The maximum Gasteiger partial charge on any atom is 0.322 e. The quantitative estimate of drug-likeness (QED) is 0.883. The van der Waals surface area contributed by atoms with Gasteiger partial charge in [-0.05, 0) is 43.4 Å². The van der Waals surface area contributed by atoms with Crippen LogP contribution in [0.2, 0.25) is 0 Å². The number of allylic oxidation sites excluding steroid dienone is 3. The van der Waals surface area contributed by atoms with E-state index in [0.717, 1.165) is 29.9 Å². The smallest absolute Gasteiger partial charge is 0.322 e. The van der Waals surface area contributed by atoms with Gasteiger partial charge in [0.1, 0.15) is 12.3 Å². The lowest BCUT2D eigenvalue weighted by atomic mass is 9.77. The van der Waals surface area contributed by atoms with Crippen LogP contribution in [0.15, 0.2) is 48.2 Å². The summed E-state index contributed by atoms with van der Waals surface area (Å²) in [4.78, 5) is 10.4. The number of hydrogen-bond donors (Lipinski definition) is 2. The Morgan fingerprint density at radius 1 is 1.30 bits per heavy atom. The SMILES string of the molecule is C=C1C=C(NCC(=O)O)CC(C)(C)C1.COc1ccc(C)cc1. The normalized spacial score (nSPS) is 15.8. The van der Waals surface area contributed by atoms with Crippen molar-refractivity contribution in [1.82, 2.24) is 5.32 Å². The third kappa shape index (κ3) is 7.54. The number of aliphatic carboxylic acids is 1. The van der Waals surface area contributed by atoms with Gasteiger partial charge in [0.15, 0.2) is 0 Å². The van der Waals surface area contributed by atoms with Crippen molar-refractivity contribution in [3.05, 3.63) is 53.8 Å². The van der Waals surface area contributed by atoms with Gasteiger partial charge in [-0.1, -0.05) is 43.7 Å². The molecule has 23 heavy (non-hydrogen) atoms. The van der Waals surface area contributed by atoms with Crippen molar-refractivity contribution in [2.24, 2.45) is 5.41 Å². The highest BCUT2D eigenvalue weighted by Gasteiger charge is 2.24. The van der Waals surface area contributed by atoms with Gasteiger partial charge in [0.25, 0.3) is 0 Å². The molecule has 126 valence electrons. The molecule has 0 atom stereocenters. The first-order valence-corrected chi connectivity index (χ1v) is 7.66. The molecule has 1 aliphatic rings. The predicted molar refractivity (Wildman–Crippen MR) is 93.6 cm³/mol. The molecule has 0 amide bonds. The maximum absolute atomic E-state index is 10.4. The zero-order valence-corrected chi connectivity index (χ0v) is 14.5. The van der Waals surface area contributed by atoms with Crippen LogP contribution in [-0.2, 0) is 4.79 Å². The Labute approximate surface area is 138 Å². The van der Waals surface area contributed by atoms with Crippen molar-refractivity contribution in [3.8, 4) is 5.75 Å². The van der Waals surface area contributed by atoms with Gasteiger partial charge in [-0.15, -0.1) is 0 Å². The van der Waals surface area contributed by atoms with Crippen LogP contribution in [0.3, 0.4) is 0 Å². The van der Waals surface area contributed by atoms with Gasteiger partial charge in [0, 0.05) is 5.70 Å². The highest BCUT2D eigenvalue weighted by molar-refractivity contribution is 5.69. The van der Waals surface area contributed by atoms with Gasteiger partial charge >= 0.3 is 5.97 Å². The molecule has 0 unspecified atom stereocenters. The Hall–Kier alpha value is -2.23. The lowest BCUT2D eigenvalue weighted by Gasteiger charge is -2.31. The summed E-state index contributed by atoms with van der Waals surface area (Å²) >= 11 is 0. The summed E-state index contributed by atoms with van der Waals surface area (Å²) in [6, 6.07) is 7.96. The van der Waals surface area contributed by atoms with Gasteiger partial charge in [0.2, 0.25) is 0 Å². The summed E-state index contributed by atoms with van der Waals surface area (Å²) in [6.07, 6.45) is 3.82. The molecular formula is C19H27NO3. The number of carboxylic acid groups (broad SMARTS) is 1. The van der Waals surface area contributed by atoms with E-state index in [1.807, 2.05) is 30.3 Å². The van der Waals surface area contributed by atoms with E-state index in [1.165, 1.54) is 5.56 Å². The van der Waals surface area contributed by atoms with Gasteiger partial charge in [-0.3, -0.25) is 4.79 Å².